The lowest BCUT2D eigenvalue weighted by Gasteiger charge is -2.16. The molecule has 23 heavy (non-hydrogen) atoms. The number of amides is 1. The SMILES string of the molecule is CCNC(=NCC(=O)Nc1cc(Br)ccc1C)NC1CCCC1. The highest BCUT2D eigenvalue weighted by Crippen LogP contribution is 2.20. The zero-order chi connectivity index (χ0) is 16.7. The Morgan fingerprint density at radius 1 is 1.35 bits per heavy atom. The lowest BCUT2D eigenvalue weighted by Crippen LogP contribution is -2.42. The van der Waals surface area contributed by atoms with Crippen LogP contribution < -0.4 is 16.0 Å². The van der Waals surface area contributed by atoms with Crippen LogP contribution in [0.1, 0.15) is 38.2 Å². The fraction of sp³-hybridized carbons (Fsp3) is 0.529. The van der Waals surface area contributed by atoms with Crippen LogP contribution in [0.15, 0.2) is 27.7 Å². The Kier molecular flexibility index (Phi) is 6.89. The highest BCUT2D eigenvalue weighted by Gasteiger charge is 2.16. The average molecular weight is 381 g/mol. The summed E-state index contributed by atoms with van der Waals surface area (Å²) < 4.78 is 0.943. The maximum atomic E-state index is 12.1. The largest absolute Gasteiger partial charge is 0.357 e. The Labute approximate surface area is 146 Å². The van der Waals surface area contributed by atoms with E-state index in [2.05, 4.69) is 36.9 Å². The second-order valence-corrected chi connectivity index (χ2v) is 6.74. The van der Waals surface area contributed by atoms with Gasteiger partial charge in [-0.2, -0.15) is 0 Å². The molecule has 6 heteroatoms. The third-order valence-corrected chi connectivity index (χ3v) is 4.39. The van der Waals surface area contributed by atoms with Crippen LogP contribution in [0.3, 0.4) is 0 Å². The number of rotatable bonds is 5. The summed E-state index contributed by atoms with van der Waals surface area (Å²) in [6, 6.07) is 6.30. The third-order valence-electron chi connectivity index (χ3n) is 3.89. The van der Waals surface area contributed by atoms with E-state index in [4.69, 9.17) is 0 Å². The zero-order valence-corrected chi connectivity index (χ0v) is 15.4. The Balaban J connectivity index is 1.92. The summed E-state index contributed by atoms with van der Waals surface area (Å²) in [5, 5.41) is 9.52. The van der Waals surface area contributed by atoms with E-state index in [1.807, 2.05) is 32.0 Å². The smallest absolute Gasteiger partial charge is 0.246 e. The maximum absolute atomic E-state index is 12.1. The van der Waals surface area contributed by atoms with Crippen molar-refractivity contribution in [2.24, 2.45) is 4.99 Å². The van der Waals surface area contributed by atoms with Crippen molar-refractivity contribution in [2.75, 3.05) is 18.4 Å². The molecule has 1 fully saturated rings. The molecule has 0 bridgehead atoms. The number of anilines is 1. The Hall–Kier alpha value is -1.56. The van der Waals surface area contributed by atoms with E-state index in [1.54, 1.807) is 0 Å². The van der Waals surface area contributed by atoms with E-state index in [1.165, 1.54) is 25.7 Å². The summed E-state index contributed by atoms with van der Waals surface area (Å²) in [4.78, 5) is 16.5. The molecule has 1 aliphatic rings. The van der Waals surface area contributed by atoms with Crippen LogP contribution in [0.4, 0.5) is 5.69 Å². The topological polar surface area (TPSA) is 65.5 Å². The Bertz CT molecular complexity index is 568. The highest BCUT2D eigenvalue weighted by atomic mass is 79.9. The first kappa shape index (κ1) is 17.8. The van der Waals surface area contributed by atoms with Crippen molar-refractivity contribution in [3.05, 3.63) is 28.2 Å². The lowest BCUT2D eigenvalue weighted by atomic mass is 10.2. The van der Waals surface area contributed by atoms with Crippen molar-refractivity contribution in [1.82, 2.24) is 10.6 Å². The second-order valence-electron chi connectivity index (χ2n) is 5.83. The summed E-state index contributed by atoms with van der Waals surface area (Å²) in [5.74, 6) is 0.607. The van der Waals surface area contributed by atoms with Gasteiger partial charge in [-0.25, -0.2) is 4.99 Å². The van der Waals surface area contributed by atoms with E-state index >= 15 is 0 Å². The monoisotopic (exact) mass is 380 g/mol. The second kappa shape index (κ2) is 8.91. The molecule has 1 aliphatic carbocycles. The van der Waals surface area contributed by atoms with Gasteiger partial charge in [0, 0.05) is 22.7 Å². The first-order chi connectivity index (χ1) is 11.1. The summed E-state index contributed by atoms with van der Waals surface area (Å²) in [7, 11) is 0. The van der Waals surface area contributed by atoms with Gasteiger partial charge in [-0.3, -0.25) is 4.79 Å². The number of nitrogens with zero attached hydrogens (tertiary/aromatic N) is 1. The van der Waals surface area contributed by atoms with Gasteiger partial charge < -0.3 is 16.0 Å². The van der Waals surface area contributed by atoms with Crippen molar-refractivity contribution in [2.45, 2.75) is 45.6 Å². The molecule has 1 aromatic carbocycles. The van der Waals surface area contributed by atoms with Crippen LogP contribution in [-0.4, -0.2) is 31.0 Å². The van der Waals surface area contributed by atoms with Crippen molar-refractivity contribution in [3.8, 4) is 0 Å². The minimum Gasteiger partial charge on any atom is -0.357 e. The van der Waals surface area contributed by atoms with Gasteiger partial charge in [0.25, 0.3) is 0 Å². The van der Waals surface area contributed by atoms with E-state index in [-0.39, 0.29) is 12.5 Å². The number of hydrogen-bond acceptors (Lipinski definition) is 2. The van der Waals surface area contributed by atoms with E-state index < -0.39 is 0 Å². The van der Waals surface area contributed by atoms with Crippen LogP contribution in [0.2, 0.25) is 0 Å². The molecule has 0 spiro atoms. The summed E-state index contributed by atoms with van der Waals surface area (Å²) in [5.41, 5.74) is 1.84. The first-order valence-electron chi connectivity index (χ1n) is 8.19. The van der Waals surface area contributed by atoms with Gasteiger partial charge in [0.05, 0.1) is 0 Å². The molecule has 5 nitrogen and oxygen atoms in total. The van der Waals surface area contributed by atoms with E-state index in [0.29, 0.717) is 6.04 Å². The molecular formula is C17H25BrN4O. The number of aryl methyl sites for hydroxylation is 1. The summed E-state index contributed by atoms with van der Waals surface area (Å²) in [6.45, 7) is 4.88. The molecule has 0 aromatic heterocycles. The van der Waals surface area contributed by atoms with Crippen LogP contribution in [0, 0.1) is 6.92 Å². The maximum Gasteiger partial charge on any atom is 0.246 e. The summed E-state index contributed by atoms with van der Waals surface area (Å²) in [6.07, 6.45) is 4.88. The molecular weight excluding hydrogens is 356 g/mol. The molecule has 1 amide bonds. The minimum absolute atomic E-state index is 0.105. The van der Waals surface area contributed by atoms with Gasteiger partial charge in [-0.15, -0.1) is 0 Å². The van der Waals surface area contributed by atoms with E-state index in [9.17, 15) is 4.79 Å². The molecule has 0 aliphatic heterocycles. The first-order valence-corrected chi connectivity index (χ1v) is 8.98. The number of hydrogen-bond donors (Lipinski definition) is 3. The van der Waals surface area contributed by atoms with Gasteiger partial charge in [-0.1, -0.05) is 34.8 Å². The van der Waals surface area contributed by atoms with Crippen molar-refractivity contribution in [1.29, 1.82) is 0 Å². The molecule has 0 saturated heterocycles. The molecule has 0 unspecified atom stereocenters. The molecule has 2 rings (SSSR count). The normalized spacial score (nSPS) is 15.5. The Morgan fingerprint density at radius 2 is 2.09 bits per heavy atom. The number of aliphatic imine (C=N–C) groups is 1. The quantitative estimate of drug-likeness (QED) is 0.542. The lowest BCUT2D eigenvalue weighted by molar-refractivity contribution is -0.114. The predicted molar refractivity (Wildman–Crippen MR) is 98.9 cm³/mol. The van der Waals surface area contributed by atoms with Crippen LogP contribution in [0.25, 0.3) is 0 Å². The minimum atomic E-state index is -0.116. The van der Waals surface area contributed by atoms with Gasteiger partial charge in [-0.05, 0) is 44.4 Å². The van der Waals surface area contributed by atoms with Gasteiger partial charge in [0.15, 0.2) is 5.96 Å². The summed E-state index contributed by atoms with van der Waals surface area (Å²) >= 11 is 3.42. The predicted octanol–water partition coefficient (Wildman–Crippen LogP) is 3.19. The fourth-order valence-electron chi connectivity index (χ4n) is 2.65. The molecule has 0 atom stereocenters. The van der Waals surface area contributed by atoms with Crippen LogP contribution in [0.5, 0.6) is 0 Å². The zero-order valence-electron chi connectivity index (χ0n) is 13.8. The van der Waals surface area contributed by atoms with Gasteiger partial charge >= 0.3 is 0 Å². The fourth-order valence-corrected chi connectivity index (χ4v) is 3.01. The molecule has 0 heterocycles. The standard InChI is InChI=1S/C17H25BrN4O/c1-3-19-17(21-14-6-4-5-7-14)20-11-16(23)22-15-10-13(18)9-8-12(15)2/h8-10,14H,3-7,11H2,1-2H3,(H,22,23)(H2,19,20,21). The molecule has 1 saturated carbocycles. The number of carbonyl (C=O) groups is 1. The van der Waals surface area contributed by atoms with Crippen molar-refractivity contribution in [3.63, 3.8) is 0 Å². The number of carbonyl (C=O) groups excluding carboxylic acids is 1. The molecule has 3 N–H and O–H groups in total. The van der Waals surface area contributed by atoms with Crippen molar-refractivity contribution < 1.29 is 4.79 Å². The van der Waals surface area contributed by atoms with Gasteiger partial charge in [0.2, 0.25) is 5.91 Å². The highest BCUT2D eigenvalue weighted by molar-refractivity contribution is 9.10. The van der Waals surface area contributed by atoms with Crippen LogP contribution >= 0.6 is 15.9 Å². The number of benzene rings is 1. The number of guanidine groups is 1. The van der Waals surface area contributed by atoms with Gasteiger partial charge in [0.1, 0.15) is 6.54 Å². The van der Waals surface area contributed by atoms with Crippen LogP contribution in [-0.2, 0) is 4.79 Å². The average Bonchev–Trinajstić information content (AvgIpc) is 3.02. The molecule has 1 aromatic rings. The van der Waals surface area contributed by atoms with E-state index in [0.717, 1.165) is 28.2 Å². The Morgan fingerprint density at radius 3 is 2.78 bits per heavy atom. The number of nitrogens with one attached hydrogen (secondary N) is 3. The molecule has 126 valence electrons. The van der Waals surface area contributed by atoms with Crippen molar-refractivity contribution >= 4 is 33.5 Å². The third kappa shape index (κ3) is 5.86. The molecule has 0 radical (unpaired) electrons. The number of halogens is 1.